The summed E-state index contributed by atoms with van der Waals surface area (Å²) in [6.07, 6.45) is 2.07. The standard InChI is InChI=1S/C20H22N2O4/c1-13-9-17(10-19(23)22(13)15-5-6-15)26-18-11-21(12-18)20(24)14-3-7-16(25-2)8-4-14/h3-4,7-10,15,18H,5-6,11-12H2,1-2H3. The SMILES string of the molecule is COc1ccc(C(=O)N2CC(Oc3cc(C)n(C4CC4)c(=O)c3)C2)cc1. The molecule has 1 saturated heterocycles. The molecule has 136 valence electrons. The van der Waals surface area contributed by atoms with Crippen LogP contribution in [-0.4, -0.2) is 41.7 Å². The molecule has 0 spiro atoms. The van der Waals surface area contributed by atoms with Crippen LogP contribution in [0.25, 0.3) is 0 Å². The van der Waals surface area contributed by atoms with E-state index >= 15 is 0 Å². The summed E-state index contributed by atoms with van der Waals surface area (Å²) in [7, 11) is 1.60. The first kappa shape index (κ1) is 16.7. The summed E-state index contributed by atoms with van der Waals surface area (Å²) >= 11 is 0. The van der Waals surface area contributed by atoms with Crippen LogP contribution in [0.5, 0.6) is 11.5 Å². The lowest BCUT2D eigenvalue weighted by Gasteiger charge is -2.39. The van der Waals surface area contributed by atoms with E-state index in [9.17, 15) is 9.59 Å². The minimum absolute atomic E-state index is 0.00649. The molecule has 1 aliphatic heterocycles. The molecule has 2 fully saturated rings. The molecule has 1 aromatic carbocycles. The van der Waals surface area contributed by atoms with Crippen molar-refractivity contribution in [3.05, 3.63) is 58.0 Å². The molecular formula is C20H22N2O4. The number of pyridine rings is 1. The van der Waals surface area contributed by atoms with Crippen LogP contribution in [0.2, 0.25) is 0 Å². The minimum atomic E-state index is -0.0761. The van der Waals surface area contributed by atoms with Crippen LogP contribution in [0.15, 0.2) is 41.2 Å². The number of benzene rings is 1. The quantitative estimate of drug-likeness (QED) is 0.827. The number of likely N-dealkylation sites (tertiary alicyclic amines) is 1. The topological polar surface area (TPSA) is 60.8 Å². The van der Waals surface area contributed by atoms with Gasteiger partial charge in [0.25, 0.3) is 11.5 Å². The summed E-state index contributed by atoms with van der Waals surface area (Å²) in [5.74, 6) is 1.29. The van der Waals surface area contributed by atoms with E-state index in [4.69, 9.17) is 9.47 Å². The molecule has 1 aromatic heterocycles. The number of hydrogen-bond donors (Lipinski definition) is 0. The van der Waals surface area contributed by atoms with Crippen molar-refractivity contribution in [2.24, 2.45) is 0 Å². The normalized spacial score (nSPS) is 16.9. The average molecular weight is 354 g/mol. The van der Waals surface area contributed by atoms with Gasteiger partial charge in [-0.3, -0.25) is 9.59 Å². The van der Waals surface area contributed by atoms with Gasteiger partial charge in [0, 0.05) is 23.4 Å². The monoisotopic (exact) mass is 354 g/mol. The molecule has 2 aliphatic rings. The van der Waals surface area contributed by atoms with Crippen molar-refractivity contribution in [3.63, 3.8) is 0 Å². The molecule has 0 unspecified atom stereocenters. The summed E-state index contributed by atoms with van der Waals surface area (Å²) in [6.45, 7) is 2.98. The largest absolute Gasteiger partial charge is 0.497 e. The lowest BCUT2D eigenvalue weighted by Crippen LogP contribution is -2.56. The molecule has 0 atom stereocenters. The fourth-order valence-corrected chi connectivity index (χ4v) is 3.34. The second-order valence-electron chi connectivity index (χ2n) is 6.95. The van der Waals surface area contributed by atoms with Crippen LogP contribution >= 0.6 is 0 Å². The lowest BCUT2D eigenvalue weighted by atomic mass is 10.1. The first-order chi connectivity index (χ1) is 12.5. The van der Waals surface area contributed by atoms with E-state index in [1.807, 2.05) is 17.6 Å². The Hall–Kier alpha value is -2.76. The van der Waals surface area contributed by atoms with Crippen LogP contribution in [-0.2, 0) is 0 Å². The van der Waals surface area contributed by atoms with Gasteiger partial charge in [-0.2, -0.15) is 0 Å². The van der Waals surface area contributed by atoms with Gasteiger partial charge in [-0.15, -0.1) is 0 Å². The Bertz CT molecular complexity index is 878. The summed E-state index contributed by atoms with van der Waals surface area (Å²) in [6, 6.07) is 10.9. The van der Waals surface area contributed by atoms with Gasteiger partial charge < -0.3 is 18.9 Å². The van der Waals surface area contributed by atoms with E-state index in [2.05, 4.69) is 0 Å². The highest BCUT2D eigenvalue weighted by Gasteiger charge is 2.33. The van der Waals surface area contributed by atoms with E-state index in [0.29, 0.717) is 30.4 Å². The number of hydrogen-bond acceptors (Lipinski definition) is 4. The number of nitrogens with zero attached hydrogens (tertiary/aromatic N) is 2. The van der Waals surface area contributed by atoms with Gasteiger partial charge in [0.05, 0.1) is 20.2 Å². The molecule has 2 aromatic rings. The highest BCUT2D eigenvalue weighted by atomic mass is 16.5. The van der Waals surface area contributed by atoms with Gasteiger partial charge in [-0.25, -0.2) is 0 Å². The van der Waals surface area contributed by atoms with Crippen molar-refractivity contribution in [1.82, 2.24) is 9.47 Å². The fourth-order valence-electron chi connectivity index (χ4n) is 3.34. The molecule has 2 heterocycles. The average Bonchev–Trinajstić information content (AvgIpc) is 3.41. The van der Waals surface area contributed by atoms with E-state index in [1.54, 1.807) is 42.3 Å². The maximum atomic E-state index is 12.4. The molecular weight excluding hydrogens is 332 g/mol. The zero-order valence-electron chi connectivity index (χ0n) is 15.0. The Morgan fingerprint density at radius 3 is 2.35 bits per heavy atom. The van der Waals surface area contributed by atoms with E-state index in [0.717, 1.165) is 24.3 Å². The highest BCUT2D eigenvalue weighted by molar-refractivity contribution is 5.94. The number of methoxy groups -OCH3 is 1. The highest BCUT2D eigenvalue weighted by Crippen LogP contribution is 2.35. The van der Waals surface area contributed by atoms with E-state index in [-0.39, 0.29) is 17.6 Å². The van der Waals surface area contributed by atoms with Gasteiger partial charge in [-0.1, -0.05) is 0 Å². The molecule has 4 rings (SSSR count). The van der Waals surface area contributed by atoms with Crippen LogP contribution in [0, 0.1) is 6.92 Å². The van der Waals surface area contributed by atoms with Crippen LogP contribution in [0.4, 0.5) is 0 Å². The number of carbonyl (C=O) groups is 1. The minimum Gasteiger partial charge on any atom is -0.497 e. The van der Waals surface area contributed by atoms with Crippen molar-refractivity contribution in [2.75, 3.05) is 20.2 Å². The number of rotatable bonds is 5. The Labute approximate surface area is 152 Å². The molecule has 0 bridgehead atoms. The van der Waals surface area contributed by atoms with Gasteiger partial charge in [-0.05, 0) is 50.1 Å². The summed E-state index contributed by atoms with van der Waals surface area (Å²) in [5.41, 5.74) is 1.56. The van der Waals surface area contributed by atoms with Crippen LogP contribution in [0.3, 0.4) is 0 Å². The molecule has 1 aliphatic carbocycles. The molecule has 26 heavy (non-hydrogen) atoms. The number of aryl methyl sites for hydroxylation is 1. The van der Waals surface area contributed by atoms with Crippen molar-refractivity contribution >= 4 is 5.91 Å². The summed E-state index contributed by atoms with van der Waals surface area (Å²) in [5, 5.41) is 0. The smallest absolute Gasteiger partial charge is 0.254 e. The fraction of sp³-hybridized carbons (Fsp3) is 0.400. The first-order valence-electron chi connectivity index (χ1n) is 8.88. The third-order valence-electron chi connectivity index (χ3n) is 4.92. The van der Waals surface area contributed by atoms with Crippen molar-refractivity contribution in [1.29, 1.82) is 0 Å². The van der Waals surface area contributed by atoms with Crippen molar-refractivity contribution in [3.8, 4) is 11.5 Å². The van der Waals surface area contributed by atoms with E-state index < -0.39 is 0 Å². The third-order valence-corrected chi connectivity index (χ3v) is 4.92. The van der Waals surface area contributed by atoms with E-state index in [1.165, 1.54) is 0 Å². The molecule has 0 N–H and O–H groups in total. The van der Waals surface area contributed by atoms with Crippen LogP contribution < -0.4 is 15.0 Å². The number of aromatic nitrogens is 1. The second-order valence-corrected chi connectivity index (χ2v) is 6.95. The zero-order chi connectivity index (χ0) is 18.3. The zero-order valence-corrected chi connectivity index (χ0v) is 15.0. The van der Waals surface area contributed by atoms with Gasteiger partial charge in [0.1, 0.15) is 17.6 Å². The second kappa shape index (κ2) is 6.52. The Balaban J connectivity index is 1.36. The Morgan fingerprint density at radius 2 is 1.77 bits per heavy atom. The number of ether oxygens (including phenoxy) is 2. The first-order valence-corrected chi connectivity index (χ1v) is 8.88. The van der Waals surface area contributed by atoms with Crippen molar-refractivity contribution < 1.29 is 14.3 Å². The molecule has 1 amide bonds. The summed E-state index contributed by atoms with van der Waals surface area (Å²) < 4.78 is 12.8. The predicted octanol–water partition coefficient (Wildman–Crippen LogP) is 2.40. The van der Waals surface area contributed by atoms with Crippen LogP contribution in [0.1, 0.15) is 34.9 Å². The summed E-state index contributed by atoms with van der Waals surface area (Å²) in [4.78, 5) is 26.4. The maximum Gasteiger partial charge on any atom is 0.254 e. The third kappa shape index (κ3) is 3.19. The predicted molar refractivity (Wildman–Crippen MR) is 97.0 cm³/mol. The molecule has 1 saturated carbocycles. The van der Waals surface area contributed by atoms with Gasteiger partial charge >= 0.3 is 0 Å². The molecule has 0 radical (unpaired) electrons. The Morgan fingerprint density at radius 1 is 1.08 bits per heavy atom. The lowest BCUT2D eigenvalue weighted by molar-refractivity contribution is 0.0176. The Kier molecular flexibility index (Phi) is 4.18. The van der Waals surface area contributed by atoms with Gasteiger partial charge in [0.2, 0.25) is 0 Å². The van der Waals surface area contributed by atoms with Gasteiger partial charge in [0.15, 0.2) is 0 Å². The maximum absolute atomic E-state index is 12.4. The van der Waals surface area contributed by atoms with Crippen molar-refractivity contribution in [2.45, 2.75) is 31.9 Å². The number of amides is 1. The number of carbonyl (C=O) groups excluding carboxylic acids is 1. The molecule has 6 nitrogen and oxygen atoms in total. The molecule has 6 heteroatoms.